The second-order valence-electron chi connectivity index (χ2n) is 4.94. The molecule has 1 N–H and O–H groups in total. The molecule has 0 aliphatic carbocycles. The van der Waals surface area contributed by atoms with Gasteiger partial charge in [0.1, 0.15) is 0 Å². The minimum Gasteiger partial charge on any atom is -0.481 e. The summed E-state index contributed by atoms with van der Waals surface area (Å²) in [6, 6.07) is -0.411. The van der Waals surface area contributed by atoms with Gasteiger partial charge in [0, 0.05) is 20.0 Å². The van der Waals surface area contributed by atoms with Gasteiger partial charge in [0.15, 0.2) is 0 Å². The summed E-state index contributed by atoms with van der Waals surface area (Å²) in [5.74, 6) is -1.37. The number of aromatic nitrogens is 2. The van der Waals surface area contributed by atoms with Gasteiger partial charge in [0.05, 0.1) is 30.2 Å². The van der Waals surface area contributed by atoms with Gasteiger partial charge in [-0.2, -0.15) is 0 Å². The molecule has 2 heterocycles. The standard InChI is InChI=1S/C13H19N3O3/c1-3-6-16-11(17)5-4-9(13(18)19)12(16)10-7-14-8-15(10)2/h7-9,12H,3-6H2,1-2H3,(H,18,19)/t9-,12-/m1/s1. The zero-order valence-electron chi connectivity index (χ0n) is 11.2. The Morgan fingerprint density at radius 2 is 2.32 bits per heavy atom. The molecular formula is C13H19N3O3. The van der Waals surface area contributed by atoms with Crippen LogP contribution < -0.4 is 0 Å². The molecule has 0 radical (unpaired) electrons. The smallest absolute Gasteiger partial charge is 0.309 e. The third-order valence-electron chi connectivity index (χ3n) is 3.65. The normalized spacial score (nSPS) is 23.7. The SMILES string of the molecule is CCCN1C(=O)CC[C@@H](C(=O)O)[C@@H]1c1cncn1C. The van der Waals surface area contributed by atoms with Gasteiger partial charge in [-0.15, -0.1) is 0 Å². The molecule has 104 valence electrons. The van der Waals surface area contributed by atoms with Crippen LogP contribution in [-0.4, -0.2) is 38.0 Å². The van der Waals surface area contributed by atoms with Crippen molar-refractivity contribution in [2.75, 3.05) is 6.54 Å². The fourth-order valence-electron chi connectivity index (χ4n) is 2.73. The van der Waals surface area contributed by atoms with Gasteiger partial charge in [-0.3, -0.25) is 9.59 Å². The Kier molecular flexibility index (Phi) is 3.87. The average Bonchev–Trinajstić information content (AvgIpc) is 2.77. The summed E-state index contributed by atoms with van der Waals surface area (Å²) in [5, 5.41) is 9.40. The second kappa shape index (κ2) is 5.42. The van der Waals surface area contributed by atoms with Crippen LogP contribution in [0.15, 0.2) is 12.5 Å². The van der Waals surface area contributed by atoms with E-state index in [9.17, 15) is 14.7 Å². The van der Waals surface area contributed by atoms with E-state index in [4.69, 9.17) is 0 Å². The zero-order chi connectivity index (χ0) is 14.0. The van der Waals surface area contributed by atoms with Crippen LogP contribution in [0, 0.1) is 5.92 Å². The van der Waals surface area contributed by atoms with E-state index in [0.717, 1.165) is 12.1 Å². The Hall–Kier alpha value is -1.85. The fourth-order valence-corrected chi connectivity index (χ4v) is 2.73. The van der Waals surface area contributed by atoms with Crippen molar-refractivity contribution in [3.63, 3.8) is 0 Å². The lowest BCUT2D eigenvalue weighted by atomic mass is 9.86. The molecule has 6 nitrogen and oxygen atoms in total. The third-order valence-corrected chi connectivity index (χ3v) is 3.65. The lowest BCUT2D eigenvalue weighted by molar-refractivity contribution is -0.152. The van der Waals surface area contributed by atoms with Crippen LogP contribution in [-0.2, 0) is 16.6 Å². The quantitative estimate of drug-likeness (QED) is 0.887. The number of amides is 1. The Morgan fingerprint density at radius 1 is 1.58 bits per heavy atom. The molecule has 0 aromatic carbocycles. The van der Waals surface area contributed by atoms with E-state index in [-0.39, 0.29) is 5.91 Å². The molecule has 1 aromatic rings. The molecule has 1 aromatic heterocycles. The fraction of sp³-hybridized carbons (Fsp3) is 0.615. The van der Waals surface area contributed by atoms with E-state index in [0.29, 0.717) is 19.4 Å². The minimum absolute atomic E-state index is 0.0329. The van der Waals surface area contributed by atoms with E-state index in [1.807, 2.05) is 14.0 Å². The lowest BCUT2D eigenvalue weighted by Gasteiger charge is -2.39. The van der Waals surface area contributed by atoms with Crippen LogP contribution in [0.3, 0.4) is 0 Å². The van der Waals surface area contributed by atoms with Crippen molar-refractivity contribution in [1.29, 1.82) is 0 Å². The zero-order valence-corrected chi connectivity index (χ0v) is 11.2. The van der Waals surface area contributed by atoms with Crippen molar-refractivity contribution in [2.24, 2.45) is 13.0 Å². The number of rotatable bonds is 4. The first-order valence-electron chi connectivity index (χ1n) is 6.54. The molecule has 0 unspecified atom stereocenters. The summed E-state index contributed by atoms with van der Waals surface area (Å²) in [5.41, 5.74) is 0.786. The highest BCUT2D eigenvalue weighted by Gasteiger charge is 2.41. The highest BCUT2D eigenvalue weighted by molar-refractivity contribution is 5.81. The van der Waals surface area contributed by atoms with Gasteiger partial charge < -0.3 is 14.6 Å². The Balaban J connectivity index is 2.41. The van der Waals surface area contributed by atoms with Gasteiger partial charge >= 0.3 is 5.97 Å². The Labute approximate surface area is 112 Å². The summed E-state index contributed by atoms with van der Waals surface area (Å²) < 4.78 is 1.79. The van der Waals surface area contributed by atoms with E-state index in [1.165, 1.54) is 0 Å². The van der Waals surface area contributed by atoms with Gasteiger partial charge in [-0.05, 0) is 12.8 Å². The van der Waals surface area contributed by atoms with Gasteiger partial charge in [0.25, 0.3) is 0 Å². The van der Waals surface area contributed by atoms with E-state index in [1.54, 1.807) is 22.0 Å². The highest BCUT2D eigenvalue weighted by Crippen LogP contribution is 2.36. The van der Waals surface area contributed by atoms with Crippen LogP contribution in [0.4, 0.5) is 0 Å². The van der Waals surface area contributed by atoms with Crippen LogP contribution >= 0.6 is 0 Å². The van der Waals surface area contributed by atoms with Crippen LogP contribution in [0.5, 0.6) is 0 Å². The number of aliphatic carboxylic acids is 1. The second-order valence-corrected chi connectivity index (χ2v) is 4.94. The molecule has 2 rings (SSSR count). The van der Waals surface area contributed by atoms with Gasteiger partial charge in [-0.1, -0.05) is 6.92 Å². The van der Waals surface area contributed by atoms with Gasteiger partial charge in [-0.25, -0.2) is 4.98 Å². The Bertz CT molecular complexity index is 483. The molecule has 19 heavy (non-hydrogen) atoms. The summed E-state index contributed by atoms with van der Waals surface area (Å²) in [7, 11) is 1.82. The van der Waals surface area contributed by atoms with Crippen molar-refractivity contribution in [3.05, 3.63) is 18.2 Å². The molecule has 0 bridgehead atoms. The van der Waals surface area contributed by atoms with Crippen molar-refractivity contribution >= 4 is 11.9 Å². The van der Waals surface area contributed by atoms with Gasteiger partial charge in [0.2, 0.25) is 5.91 Å². The number of carbonyl (C=O) groups is 2. The van der Waals surface area contributed by atoms with Crippen LogP contribution in [0.1, 0.15) is 37.9 Å². The summed E-state index contributed by atoms with van der Waals surface area (Å²) in [4.78, 5) is 29.3. The number of hydrogen-bond acceptors (Lipinski definition) is 3. The lowest BCUT2D eigenvalue weighted by Crippen LogP contribution is -2.46. The monoisotopic (exact) mass is 265 g/mol. The molecule has 1 fully saturated rings. The van der Waals surface area contributed by atoms with Crippen LogP contribution in [0.2, 0.25) is 0 Å². The molecule has 6 heteroatoms. The number of carboxylic acid groups (broad SMARTS) is 1. The molecule has 2 atom stereocenters. The maximum atomic E-state index is 12.1. The minimum atomic E-state index is -0.847. The van der Waals surface area contributed by atoms with Crippen LogP contribution in [0.25, 0.3) is 0 Å². The first-order valence-corrected chi connectivity index (χ1v) is 6.54. The predicted octanol–water partition coefficient (Wildman–Crippen LogP) is 1.19. The molecule has 1 aliphatic heterocycles. The largest absolute Gasteiger partial charge is 0.481 e. The predicted molar refractivity (Wildman–Crippen MR) is 68.3 cm³/mol. The van der Waals surface area contributed by atoms with E-state index < -0.39 is 17.9 Å². The average molecular weight is 265 g/mol. The number of imidazole rings is 1. The third kappa shape index (κ3) is 2.47. The number of hydrogen-bond donors (Lipinski definition) is 1. The van der Waals surface area contributed by atoms with Crippen molar-refractivity contribution in [1.82, 2.24) is 14.5 Å². The summed E-state index contributed by atoms with van der Waals surface area (Å²) >= 11 is 0. The topological polar surface area (TPSA) is 75.4 Å². The highest BCUT2D eigenvalue weighted by atomic mass is 16.4. The maximum absolute atomic E-state index is 12.1. The molecule has 1 aliphatic rings. The first kappa shape index (κ1) is 13.6. The van der Waals surface area contributed by atoms with Crippen molar-refractivity contribution in [3.8, 4) is 0 Å². The molecule has 1 saturated heterocycles. The maximum Gasteiger partial charge on any atom is 0.309 e. The van der Waals surface area contributed by atoms with Crippen molar-refractivity contribution < 1.29 is 14.7 Å². The summed E-state index contributed by atoms with van der Waals surface area (Å²) in [6.45, 7) is 2.57. The number of likely N-dealkylation sites (tertiary alicyclic amines) is 1. The summed E-state index contributed by atoms with van der Waals surface area (Å²) in [6.07, 6.45) is 4.81. The Morgan fingerprint density at radius 3 is 2.84 bits per heavy atom. The number of aryl methyl sites for hydroxylation is 1. The van der Waals surface area contributed by atoms with E-state index in [2.05, 4.69) is 4.98 Å². The number of piperidine rings is 1. The number of carbonyl (C=O) groups excluding carboxylic acids is 1. The molecule has 0 spiro atoms. The van der Waals surface area contributed by atoms with Crippen molar-refractivity contribution in [2.45, 2.75) is 32.2 Å². The number of nitrogens with zero attached hydrogens (tertiary/aromatic N) is 3. The first-order chi connectivity index (χ1) is 9.06. The molecular weight excluding hydrogens is 246 g/mol. The molecule has 1 amide bonds. The van der Waals surface area contributed by atoms with E-state index >= 15 is 0 Å². The number of carboxylic acids is 1. The molecule has 0 saturated carbocycles.